The summed E-state index contributed by atoms with van der Waals surface area (Å²) in [5.41, 5.74) is 3.23. The fraction of sp³-hybridized carbons (Fsp3) is 0.167. The second-order valence-electron chi connectivity index (χ2n) is 6.84. The number of carbonyl (C=O) groups excluding carboxylic acids is 2. The summed E-state index contributed by atoms with van der Waals surface area (Å²) in [4.78, 5) is 24.5. The van der Waals surface area contributed by atoms with E-state index in [-0.39, 0.29) is 24.5 Å². The minimum absolute atomic E-state index is 0.0573. The maximum absolute atomic E-state index is 12.3. The highest BCUT2D eigenvalue weighted by molar-refractivity contribution is 6.04. The molecule has 29 heavy (non-hydrogen) atoms. The Morgan fingerprint density at radius 3 is 2.45 bits per heavy atom. The smallest absolute Gasteiger partial charge is 0.258 e. The van der Waals surface area contributed by atoms with Crippen molar-refractivity contribution in [3.63, 3.8) is 0 Å². The second kappa shape index (κ2) is 9.55. The van der Waals surface area contributed by atoms with Crippen molar-refractivity contribution in [3.05, 3.63) is 95.6 Å². The molecule has 0 aliphatic rings. The van der Waals surface area contributed by atoms with Gasteiger partial charge in [-0.3, -0.25) is 9.59 Å². The molecule has 0 saturated heterocycles. The first kappa shape index (κ1) is 20.1. The first-order valence-corrected chi connectivity index (χ1v) is 9.46. The van der Waals surface area contributed by atoms with Crippen LogP contribution in [-0.4, -0.2) is 18.4 Å². The van der Waals surface area contributed by atoms with Gasteiger partial charge in [0.05, 0.1) is 6.04 Å². The van der Waals surface area contributed by atoms with Crippen molar-refractivity contribution in [3.8, 4) is 5.75 Å². The number of hydrogen-bond donors (Lipinski definition) is 2. The zero-order valence-corrected chi connectivity index (χ0v) is 16.5. The van der Waals surface area contributed by atoms with Crippen molar-refractivity contribution in [1.82, 2.24) is 5.32 Å². The van der Waals surface area contributed by atoms with E-state index in [2.05, 4.69) is 10.6 Å². The summed E-state index contributed by atoms with van der Waals surface area (Å²) in [5.74, 6) is 0.280. The van der Waals surface area contributed by atoms with Crippen LogP contribution < -0.4 is 15.4 Å². The van der Waals surface area contributed by atoms with E-state index < -0.39 is 0 Å². The van der Waals surface area contributed by atoms with Crippen LogP contribution >= 0.6 is 0 Å². The highest BCUT2D eigenvalue weighted by atomic mass is 16.5. The molecule has 0 spiro atoms. The predicted molar refractivity (Wildman–Crippen MR) is 114 cm³/mol. The lowest BCUT2D eigenvalue weighted by molar-refractivity contribution is -0.123. The van der Waals surface area contributed by atoms with Gasteiger partial charge in [-0.1, -0.05) is 42.5 Å². The van der Waals surface area contributed by atoms with Crippen LogP contribution in [0.2, 0.25) is 0 Å². The molecule has 3 rings (SSSR count). The maximum atomic E-state index is 12.3. The van der Waals surface area contributed by atoms with Gasteiger partial charge < -0.3 is 15.4 Å². The number of amides is 2. The molecule has 0 unspecified atom stereocenters. The zero-order valence-electron chi connectivity index (χ0n) is 16.5. The molecule has 5 heteroatoms. The molecule has 2 amide bonds. The van der Waals surface area contributed by atoms with Gasteiger partial charge in [0.15, 0.2) is 6.61 Å². The van der Waals surface area contributed by atoms with Gasteiger partial charge in [0.1, 0.15) is 5.75 Å². The van der Waals surface area contributed by atoms with Crippen molar-refractivity contribution in [1.29, 1.82) is 0 Å². The average molecular weight is 388 g/mol. The van der Waals surface area contributed by atoms with E-state index >= 15 is 0 Å². The normalized spacial score (nSPS) is 11.4. The number of nitrogens with one attached hydrogen (secondary N) is 2. The molecule has 0 aromatic heterocycles. The summed E-state index contributed by atoms with van der Waals surface area (Å²) in [5, 5.41) is 5.80. The number of hydrogen-bond acceptors (Lipinski definition) is 3. The molecular weight excluding hydrogens is 364 g/mol. The van der Waals surface area contributed by atoms with E-state index in [1.807, 2.05) is 80.6 Å². The lowest BCUT2D eigenvalue weighted by Gasteiger charge is -2.16. The minimum Gasteiger partial charge on any atom is -0.484 e. The standard InChI is InChI=1S/C24H24N2O3/c1-17-8-6-13-22(14-17)29-16-23(27)25-18(2)20-11-7-12-21(15-20)26-24(28)19-9-4-3-5-10-19/h3-15,18H,16H2,1-2H3,(H,25,27)(H,26,28)/t18-/m0/s1. The Hall–Kier alpha value is -3.60. The SMILES string of the molecule is Cc1cccc(OCC(=O)N[C@@H](C)c2cccc(NC(=O)c3ccccc3)c2)c1. The summed E-state index contributed by atoms with van der Waals surface area (Å²) in [6.07, 6.45) is 0. The summed E-state index contributed by atoms with van der Waals surface area (Å²) >= 11 is 0. The van der Waals surface area contributed by atoms with Crippen LogP contribution in [0, 0.1) is 6.92 Å². The lowest BCUT2D eigenvalue weighted by atomic mass is 10.1. The fourth-order valence-electron chi connectivity index (χ4n) is 2.90. The topological polar surface area (TPSA) is 67.4 Å². The highest BCUT2D eigenvalue weighted by Crippen LogP contribution is 2.18. The Bertz CT molecular complexity index is 986. The van der Waals surface area contributed by atoms with Crippen molar-refractivity contribution in [2.75, 3.05) is 11.9 Å². The summed E-state index contributed by atoms with van der Waals surface area (Å²) in [7, 11) is 0. The third-order valence-electron chi connectivity index (χ3n) is 4.42. The van der Waals surface area contributed by atoms with Crippen LogP contribution in [0.3, 0.4) is 0 Å². The molecule has 2 N–H and O–H groups in total. The van der Waals surface area contributed by atoms with Gasteiger partial charge in [-0.2, -0.15) is 0 Å². The summed E-state index contributed by atoms with van der Waals surface area (Å²) in [6, 6.07) is 23.8. The average Bonchev–Trinajstić information content (AvgIpc) is 2.73. The first-order chi connectivity index (χ1) is 14.0. The van der Waals surface area contributed by atoms with Gasteiger partial charge in [0.2, 0.25) is 0 Å². The van der Waals surface area contributed by atoms with Gasteiger partial charge in [-0.25, -0.2) is 0 Å². The maximum Gasteiger partial charge on any atom is 0.258 e. The van der Waals surface area contributed by atoms with Gasteiger partial charge >= 0.3 is 0 Å². The van der Waals surface area contributed by atoms with Crippen LogP contribution in [0.15, 0.2) is 78.9 Å². The number of rotatable bonds is 7. The molecule has 0 aliphatic heterocycles. The molecule has 0 saturated carbocycles. The van der Waals surface area contributed by atoms with Crippen molar-refractivity contribution in [2.24, 2.45) is 0 Å². The van der Waals surface area contributed by atoms with E-state index in [0.29, 0.717) is 17.0 Å². The molecule has 3 aromatic carbocycles. The fourth-order valence-corrected chi connectivity index (χ4v) is 2.90. The number of anilines is 1. The highest BCUT2D eigenvalue weighted by Gasteiger charge is 2.12. The Morgan fingerprint density at radius 1 is 0.931 bits per heavy atom. The van der Waals surface area contributed by atoms with Gasteiger partial charge in [-0.15, -0.1) is 0 Å². The molecule has 148 valence electrons. The molecule has 0 fully saturated rings. The second-order valence-corrected chi connectivity index (χ2v) is 6.84. The quantitative estimate of drug-likeness (QED) is 0.626. The predicted octanol–water partition coefficient (Wildman–Crippen LogP) is 4.50. The van der Waals surface area contributed by atoms with Crippen molar-refractivity contribution >= 4 is 17.5 Å². The zero-order chi connectivity index (χ0) is 20.6. The van der Waals surface area contributed by atoms with Gasteiger partial charge in [0, 0.05) is 11.3 Å². The molecule has 0 bridgehead atoms. The Labute approximate surface area is 170 Å². The Balaban J connectivity index is 1.56. The third-order valence-corrected chi connectivity index (χ3v) is 4.42. The molecule has 0 radical (unpaired) electrons. The van der Waals surface area contributed by atoms with Crippen molar-refractivity contribution < 1.29 is 14.3 Å². The van der Waals surface area contributed by atoms with E-state index in [9.17, 15) is 9.59 Å². The number of benzene rings is 3. The van der Waals surface area contributed by atoms with E-state index in [0.717, 1.165) is 11.1 Å². The summed E-state index contributed by atoms with van der Waals surface area (Å²) < 4.78 is 5.54. The van der Waals surface area contributed by atoms with Crippen LogP contribution in [0.5, 0.6) is 5.75 Å². The van der Waals surface area contributed by atoms with Crippen molar-refractivity contribution in [2.45, 2.75) is 19.9 Å². The number of ether oxygens (including phenoxy) is 1. The van der Waals surface area contributed by atoms with E-state index in [1.54, 1.807) is 12.1 Å². The first-order valence-electron chi connectivity index (χ1n) is 9.46. The number of carbonyl (C=O) groups is 2. The molecule has 3 aromatic rings. The molecule has 0 aliphatic carbocycles. The molecule has 0 heterocycles. The van der Waals surface area contributed by atoms with E-state index in [4.69, 9.17) is 4.74 Å². The van der Waals surface area contributed by atoms with Gasteiger partial charge in [-0.05, 0) is 61.4 Å². The minimum atomic E-state index is -0.225. The largest absolute Gasteiger partial charge is 0.484 e. The third kappa shape index (κ3) is 5.94. The van der Waals surface area contributed by atoms with E-state index in [1.165, 1.54) is 0 Å². The van der Waals surface area contributed by atoms with Crippen LogP contribution in [0.4, 0.5) is 5.69 Å². The van der Waals surface area contributed by atoms with Crippen LogP contribution in [0.25, 0.3) is 0 Å². The summed E-state index contributed by atoms with van der Waals surface area (Å²) in [6.45, 7) is 3.81. The van der Waals surface area contributed by atoms with Crippen LogP contribution in [0.1, 0.15) is 34.5 Å². The molecule has 5 nitrogen and oxygen atoms in total. The Kier molecular flexibility index (Phi) is 6.63. The Morgan fingerprint density at radius 2 is 1.69 bits per heavy atom. The van der Waals surface area contributed by atoms with Gasteiger partial charge in [0.25, 0.3) is 11.8 Å². The lowest BCUT2D eigenvalue weighted by Crippen LogP contribution is -2.31. The monoisotopic (exact) mass is 388 g/mol. The molecular formula is C24H24N2O3. The number of aryl methyl sites for hydroxylation is 1. The van der Waals surface area contributed by atoms with Crippen LogP contribution in [-0.2, 0) is 4.79 Å². The molecule has 1 atom stereocenters.